The van der Waals surface area contributed by atoms with Gasteiger partial charge in [-0.25, -0.2) is 4.98 Å². The molecule has 2 aliphatic rings. The molecule has 1 spiro atoms. The molecule has 0 unspecified atom stereocenters. The van der Waals surface area contributed by atoms with Gasteiger partial charge < -0.3 is 24.8 Å². The summed E-state index contributed by atoms with van der Waals surface area (Å²) in [7, 11) is 0. The van der Waals surface area contributed by atoms with Crippen molar-refractivity contribution in [2.45, 2.75) is 25.6 Å². The molecule has 7 heteroatoms. The number of ether oxygens (including phenoxy) is 3. The van der Waals surface area contributed by atoms with E-state index in [0.29, 0.717) is 31.4 Å². The Balaban J connectivity index is 1.73. The summed E-state index contributed by atoms with van der Waals surface area (Å²) in [6.45, 7) is 5.40. The fraction of sp³-hybridized carbons (Fsp3) is 0.692. The number of nitrogens with zero attached hydrogens (tertiary/aromatic N) is 3. The number of nitrogens with two attached hydrogens (primary N) is 1. The number of aromatic nitrogens is 2. The Labute approximate surface area is 118 Å². The molecule has 1 aromatic heterocycles. The van der Waals surface area contributed by atoms with Crippen LogP contribution in [0.2, 0.25) is 0 Å². The maximum absolute atomic E-state index is 6.09. The highest BCUT2D eigenvalue weighted by Crippen LogP contribution is 2.35. The Morgan fingerprint density at radius 1 is 1.30 bits per heavy atom. The average molecular weight is 280 g/mol. The molecule has 3 heterocycles. The van der Waals surface area contributed by atoms with E-state index in [1.54, 1.807) is 0 Å². The van der Waals surface area contributed by atoms with Crippen LogP contribution in [-0.2, 0) is 9.47 Å². The Kier molecular flexibility index (Phi) is 3.62. The first-order valence-electron chi connectivity index (χ1n) is 7.00. The summed E-state index contributed by atoms with van der Waals surface area (Å²) in [6, 6.07) is 0. The number of nitrogen functional groups attached to an aromatic ring is 1. The molecule has 0 atom stereocenters. The van der Waals surface area contributed by atoms with E-state index >= 15 is 0 Å². The molecule has 1 aromatic rings. The predicted octanol–water partition coefficient (Wildman–Crippen LogP) is 0.801. The van der Waals surface area contributed by atoms with Gasteiger partial charge in [-0.1, -0.05) is 0 Å². The molecule has 7 nitrogen and oxygen atoms in total. The molecule has 0 bridgehead atoms. The van der Waals surface area contributed by atoms with Crippen molar-refractivity contribution in [3.63, 3.8) is 0 Å². The van der Waals surface area contributed by atoms with E-state index in [2.05, 4.69) is 14.9 Å². The summed E-state index contributed by atoms with van der Waals surface area (Å²) in [5.74, 6) is 0.795. The minimum absolute atomic E-state index is 0.388. The monoisotopic (exact) mass is 280 g/mol. The van der Waals surface area contributed by atoms with Gasteiger partial charge in [-0.3, -0.25) is 0 Å². The van der Waals surface area contributed by atoms with Crippen molar-refractivity contribution in [2.75, 3.05) is 43.5 Å². The minimum atomic E-state index is -0.388. The number of rotatable bonds is 3. The van der Waals surface area contributed by atoms with Crippen LogP contribution in [0.4, 0.5) is 11.5 Å². The summed E-state index contributed by atoms with van der Waals surface area (Å²) in [5.41, 5.74) is 6.59. The number of hydrogen-bond donors (Lipinski definition) is 1. The molecule has 0 amide bonds. The Hall–Kier alpha value is -1.60. The van der Waals surface area contributed by atoms with Crippen LogP contribution in [0, 0.1) is 0 Å². The van der Waals surface area contributed by atoms with Gasteiger partial charge in [-0.05, 0) is 6.92 Å². The average Bonchev–Trinajstić information content (AvgIpc) is 2.91. The predicted molar refractivity (Wildman–Crippen MR) is 73.7 cm³/mol. The van der Waals surface area contributed by atoms with Crippen LogP contribution >= 0.6 is 0 Å². The second-order valence-corrected chi connectivity index (χ2v) is 4.94. The zero-order chi connectivity index (χ0) is 14.0. The highest BCUT2D eigenvalue weighted by molar-refractivity contribution is 5.67. The fourth-order valence-electron chi connectivity index (χ4n) is 2.72. The third-order valence-corrected chi connectivity index (χ3v) is 3.75. The summed E-state index contributed by atoms with van der Waals surface area (Å²) >= 11 is 0. The topological polar surface area (TPSA) is 82.7 Å². The van der Waals surface area contributed by atoms with Crippen LogP contribution in [0.3, 0.4) is 0 Å². The summed E-state index contributed by atoms with van der Waals surface area (Å²) in [6.07, 6.45) is 3.13. The van der Waals surface area contributed by atoms with Gasteiger partial charge in [0.05, 0.1) is 19.8 Å². The van der Waals surface area contributed by atoms with Gasteiger partial charge in [0.1, 0.15) is 12.0 Å². The van der Waals surface area contributed by atoms with Crippen molar-refractivity contribution in [1.82, 2.24) is 9.97 Å². The molecule has 2 aliphatic heterocycles. The van der Waals surface area contributed by atoms with Crippen molar-refractivity contribution in [3.05, 3.63) is 6.33 Å². The minimum Gasteiger partial charge on any atom is -0.476 e. The molecule has 20 heavy (non-hydrogen) atoms. The van der Waals surface area contributed by atoms with Crippen molar-refractivity contribution < 1.29 is 14.2 Å². The highest BCUT2D eigenvalue weighted by atomic mass is 16.7. The lowest BCUT2D eigenvalue weighted by Crippen LogP contribution is -2.45. The SMILES string of the molecule is CCOc1ncnc(N2CCC3(CC2)OCCO3)c1N. The van der Waals surface area contributed by atoms with Crippen LogP contribution in [0.1, 0.15) is 19.8 Å². The molecule has 0 aliphatic carbocycles. The van der Waals surface area contributed by atoms with Crippen LogP contribution in [0.15, 0.2) is 6.33 Å². The molecular formula is C13H20N4O3. The van der Waals surface area contributed by atoms with E-state index in [1.807, 2.05) is 6.92 Å². The van der Waals surface area contributed by atoms with Crippen molar-refractivity contribution >= 4 is 11.5 Å². The first kappa shape index (κ1) is 13.4. The van der Waals surface area contributed by atoms with E-state index in [4.69, 9.17) is 19.9 Å². The maximum atomic E-state index is 6.09. The largest absolute Gasteiger partial charge is 0.476 e. The van der Waals surface area contributed by atoms with Gasteiger partial charge in [0.15, 0.2) is 11.6 Å². The van der Waals surface area contributed by atoms with Crippen LogP contribution in [0.5, 0.6) is 5.88 Å². The van der Waals surface area contributed by atoms with E-state index in [1.165, 1.54) is 6.33 Å². The molecular weight excluding hydrogens is 260 g/mol. The lowest BCUT2D eigenvalue weighted by atomic mass is 10.0. The second kappa shape index (κ2) is 5.41. The molecule has 2 saturated heterocycles. The zero-order valence-corrected chi connectivity index (χ0v) is 11.7. The maximum Gasteiger partial charge on any atom is 0.242 e. The van der Waals surface area contributed by atoms with Crippen molar-refractivity contribution in [2.24, 2.45) is 0 Å². The van der Waals surface area contributed by atoms with E-state index in [0.717, 1.165) is 31.7 Å². The molecule has 2 fully saturated rings. The van der Waals surface area contributed by atoms with Gasteiger partial charge >= 0.3 is 0 Å². The van der Waals surface area contributed by atoms with Crippen LogP contribution in [-0.4, -0.2) is 48.7 Å². The van der Waals surface area contributed by atoms with Crippen molar-refractivity contribution in [1.29, 1.82) is 0 Å². The van der Waals surface area contributed by atoms with Crippen LogP contribution in [0.25, 0.3) is 0 Å². The summed E-state index contributed by atoms with van der Waals surface area (Å²) < 4.78 is 16.9. The highest BCUT2D eigenvalue weighted by Gasteiger charge is 2.40. The summed E-state index contributed by atoms with van der Waals surface area (Å²) in [4.78, 5) is 10.5. The Bertz CT molecular complexity index is 467. The second-order valence-electron chi connectivity index (χ2n) is 4.94. The van der Waals surface area contributed by atoms with E-state index in [9.17, 15) is 0 Å². The Morgan fingerprint density at radius 3 is 2.65 bits per heavy atom. The van der Waals surface area contributed by atoms with Crippen molar-refractivity contribution in [3.8, 4) is 5.88 Å². The molecule has 0 radical (unpaired) electrons. The molecule has 0 saturated carbocycles. The smallest absolute Gasteiger partial charge is 0.242 e. The molecule has 3 rings (SSSR count). The quantitative estimate of drug-likeness (QED) is 0.876. The normalized spacial score (nSPS) is 21.4. The van der Waals surface area contributed by atoms with E-state index < -0.39 is 0 Å². The van der Waals surface area contributed by atoms with Gasteiger partial charge in [0.25, 0.3) is 0 Å². The standard InChI is InChI=1S/C13H20N4O3/c1-2-18-12-10(14)11(15-9-16-12)17-5-3-13(4-6-17)19-7-8-20-13/h9H,2-8,14H2,1H3. The first-order chi connectivity index (χ1) is 9.74. The van der Waals surface area contributed by atoms with Gasteiger partial charge in [0.2, 0.25) is 5.88 Å². The van der Waals surface area contributed by atoms with E-state index in [-0.39, 0.29) is 5.79 Å². The first-order valence-corrected chi connectivity index (χ1v) is 7.00. The van der Waals surface area contributed by atoms with Gasteiger partial charge in [0, 0.05) is 25.9 Å². The molecule has 110 valence electrons. The fourth-order valence-corrected chi connectivity index (χ4v) is 2.72. The Morgan fingerprint density at radius 2 is 2.00 bits per heavy atom. The van der Waals surface area contributed by atoms with Gasteiger partial charge in [-0.2, -0.15) is 4.98 Å². The summed E-state index contributed by atoms with van der Waals surface area (Å²) in [5, 5.41) is 0. The molecule has 2 N–H and O–H groups in total. The lowest BCUT2D eigenvalue weighted by molar-refractivity contribution is -0.169. The van der Waals surface area contributed by atoms with Gasteiger partial charge in [-0.15, -0.1) is 0 Å². The number of hydrogen-bond acceptors (Lipinski definition) is 7. The number of piperidine rings is 1. The number of anilines is 2. The van der Waals surface area contributed by atoms with Crippen LogP contribution < -0.4 is 15.4 Å². The molecule has 0 aromatic carbocycles. The zero-order valence-electron chi connectivity index (χ0n) is 11.7. The third kappa shape index (κ3) is 2.38. The lowest BCUT2D eigenvalue weighted by Gasteiger charge is -2.38. The third-order valence-electron chi connectivity index (χ3n) is 3.75.